The normalized spacial score (nSPS) is 11.8. The van der Waals surface area contributed by atoms with E-state index in [2.05, 4.69) is 5.32 Å². The lowest BCUT2D eigenvalue weighted by Gasteiger charge is -2.15. The molecule has 0 aliphatic carbocycles. The molecule has 1 N–H and O–H groups in total. The zero-order valence-electron chi connectivity index (χ0n) is 10.0. The number of para-hydroxylation sites is 2. The molecule has 0 aliphatic heterocycles. The highest BCUT2D eigenvalue weighted by molar-refractivity contribution is 5.49. The van der Waals surface area contributed by atoms with E-state index < -0.39 is 0 Å². The lowest BCUT2D eigenvalue weighted by molar-refractivity contribution is -0.385. The van der Waals surface area contributed by atoms with E-state index in [4.69, 9.17) is 0 Å². The Balaban J connectivity index is 2.24. The molecule has 0 aromatic heterocycles. The molecule has 0 radical (unpaired) electrons. The molecule has 0 fully saturated rings. The van der Waals surface area contributed by atoms with Gasteiger partial charge in [0, 0.05) is 11.8 Å². The monoisotopic (exact) mass is 242 g/mol. The van der Waals surface area contributed by atoms with Crippen molar-refractivity contribution in [2.45, 2.75) is 13.0 Å². The van der Waals surface area contributed by atoms with Crippen LogP contribution in [0.1, 0.15) is 18.5 Å². The minimum absolute atomic E-state index is 0.117. The summed E-state index contributed by atoms with van der Waals surface area (Å²) in [5, 5.41) is 14.2. The number of hydrogen-bond donors (Lipinski definition) is 1. The fourth-order valence-electron chi connectivity index (χ4n) is 1.88. The second kappa shape index (κ2) is 5.31. The Morgan fingerprint density at radius 3 is 2.33 bits per heavy atom. The largest absolute Gasteiger partial charge is 0.378 e. The van der Waals surface area contributed by atoms with Crippen LogP contribution >= 0.6 is 0 Å². The van der Waals surface area contributed by atoms with E-state index in [0.29, 0.717) is 5.56 Å². The van der Waals surface area contributed by atoms with E-state index in [1.807, 2.05) is 43.3 Å². The third kappa shape index (κ3) is 2.66. The molecule has 0 bridgehead atoms. The van der Waals surface area contributed by atoms with Crippen LogP contribution in [-0.2, 0) is 0 Å². The minimum atomic E-state index is -0.349. The fraction of sp³-hybridized carbons (Fsp3) is 0.143. The molecule has 2 rings (SSSR count). The predicted octanol–water partition coefficient (Wildman–Crippen LogP) is 3.77. The van der Waals surface area contributed by atoms with Gasteiger partial charge in [-0.25, -0.2) is 0 Å². The maximum absolute atomic E-state index is 11.0. The summed E-state index contributed by atoms with van der Waals surface area (Å²) in [6.45, 7) is 1.91. The van der Waals surface area contributed by atoms with Crippen LogP contribution < -0.4 is 5.32 Å². The summed E-state index contributed by atoms with van der Waals surface area (Å²) < 4.78 is 0. The van der Waals surface area contributed by atoms with Gasteiger partial charge in [0.1, 0.15) is 0 Å². The number of benzene rings is 2. The number of hydrogen-bond acceptors (Lipinski definition) is 3. The van der Waals surface area contributed by atoms with Gasteiger partial charge >= 0.3 is 0 Å². The first kappa shape index (κ1) is 12.1. The van der Waals surface area contributed by atoms with Crippen molar-refractivity contribution in [1.82, 2.24) is 0 Å². The second-order valence-corrected chi connectivity index (χ2v) is 4.05. The maximum Gasteiger partial charge on any atom is 0.274 e. The number of rotatable bonds is 4. The van der Waals surface area contributed by atoms with Gasteiger partial charge in [0.2, 0.25) is 0 Å². The van der Waals surface area contributed by atoms with Crippen LogP contribution in [0.3, 0.4) is 0 Å². The van der Waals surface area contributed by atoms with E-state index in [-0.39, 0.29) is 16.7 Å². The van der Waals surface area contributed by atoms with E-state index in [9.17, 15) is 10.1 Å². The fourth-order valence-corrected chi connectivity index (χ4v) is 1.88. The first-order chi connectivity index (χ1) is 8.68. The van der Waals surface area contributed by atoms with Crippen molar-refractivity contribution < 1.29 is 4.92 Å². The first-order valence-corrected chi connectivity index (χ1v) is 5.73. The SMILES string of the molecule is CC(Nc1ccccc1)c1ccccc1[N+](=O)[O-]. The zero-order valence-corrected chi connectivity index (χ0v) is 10.0. The molecule has 0 spiro atoms. The van der Waals surface area contributed by atoms with Crippen LogP contribution in [0.15, 0.2) is 54.6 Å². The Bertz CT molecular complexity index is 541. The second-order valence-electron chi connectivity index (χ2n) is 4.05. The van der Waals surface area contributed by atoms with Crippen molar-refractivity contribution in [1.29, 1.82) is 0 Å². The predicted molar refractivity (Wildman–Crippen MR) is 71.6 cm³/mol. The van der Waals surface area contributed by atoms with E-state index in [0.717, 1.165) is 5.69 Å². The lowest BCUT2D eigenvalue weighted by Crippen LogP contribution is -2.08. The average molecular weight is 242 g/mol. The van der Waals surface area contributed by atoms with Crippen LogP contribution in [0.4, 0.5) is 11.4 Å². The van der Waals surface area contributed by atoms with Crippen LogP contribution in [0.5, 0.6) is 0 Å². The molecule has 4 heteroatoms. The van der Waals surface area contributed by atoms with Gasteiger partial charge in [-0.05, 0) is 19.1 Å². The summed E-state index contributed by atoms with van der Waals surface area (Å²) >= 11 is 0. The van der Waals surface area contributed by atoms with Crippen LogP contribution in [0.2, 0.25) is 0 Å². The Hall–Kier alpha value is -2.36. The van der Waals surface area contributed by atoms with Crippen LogP contribution in [0, 0.1) is 10.1 Å². The number of nitro groups is 1. The summed E-state index contributed by atoms with van der Waals surface area (Å²) in [6, 6.07) is 16.3. The highest BCUT2D eigenvalue weighted by atomic mass is 16.6. The van der Waals surface area contributed by atoms with Gasteiger partial charge in [0.15, 0.2) is 0 Å². The molecular formula is C14H14N2O2. The Morgan fingerprint density at radius 2 is 1.67 bits per heavy atom. The van der Waals surface area contributed by atoms with Gasteiger partial charge in [-0.2, -0.15) is 0 Å². The third-order valence-corrected chi connectivity index (χ3v) is 2.76. The highest BCUT2D eigenvalue weighted by Gasteiger charge is 2.17. The molecule has 2 aromatic carbocycles. The van der Waals surface area contributed by atoms with Gasteiger partial charge in [-0.3, -0.25) is 10.1 Å². The van der Waals surface area contributed by atoms with Crippen LogP contribution in [0.25, 0.3) is 0 Å². The van der Waals surface area contributed by atoms with Crippen molar-refractivity contribution >= 4 is 11.4 Å². The van der Waals surface area contributed by atoms with Crippen LogP contribution in [-0.4, -0.2) is 4.92 Å². The molecule has 0 saturated heterocycles. The molecule has 0 saturated carbocycles. The van der Waals surface area contributed by atoms with Gasteiger partial charge in [0.05, 0.1) is 16.5 Å². The maximum atomic E-state index is 11.0. The number of nitro benzene ring substituents is 1. The van der Waals surface area contributed by atoms with Crippen molar-refractivity contribution in [3.63, 3.8) is 0 Å². The molecule has 0 aliphatic rings. The first-order valence-electron chi connectivity index (χ1n) is 5.73. The van der Waals surface area contributed by atoms with Crippen molar-refractivity contribution in [2.75, 3.05) is 5.32 Å². The van der Waals surface area contributed by atoms with E-state index >= 15 is 0 Å². The molecular weight excluding hydrogens is 228 g/mol. The topological polar surface area (TPSA) is 55.2 Å². The molecule has 1 unspecified atom stereocenters. The van der Waals surface area contributed by atoms with Crippen molar-refractivity contribution in [2.24, 2.45) is 0 Å². The van der Waals surface area contributed by atoms with Gasteiger partial charge in [-0.1, -0.05) is 36.4 Å². The molecule has 2 aromatic rings. The Kier molecular flexibility index (Phi) is 3.57. The highest BCUT2D eigenvalue weighted by Crippen LogP contribution is 2.27. The number of nitrogens with zero attached hydrogens (tertiary/aromatic N) is 1. The molecule has 4 nitrogen and oxygen atoms in total. The Morgan fingerprint density at radius 1 is 1.06 bits per heavy atom. The number of anilines is 1. The summed E-state index contributed by atoms with van der Waals surface area (Å²) in [5.41, 5.74) is 1.78. The smallest absolute Gasteiger partial charge is 0.274 e. The quantitative estimate of drug-likeness (QED) is 0.656. The van der Waals surface area contributed by atoms with Gasteiger partial charge < -0.3 is 5.32 Å². The van der Waals surface area contributed by atoms with Gasteiger partial charge in [-0.15, -0.1) is 0 Å². The summed E-state index contributed by atoms with van der Waals surface area (Å²) in [5.74, 6) is 0. The zero-order chi connectivity index (χ0) is 13.0. The summed E-state index contributed by atoms with van der Waals surface area (Å²) in [4.78, 5) is 10.6. The minimum Gasteiger partial charge on any atom is -0.378 e. The average Bonchev–Trinajstić information content (AvgIpc) is 2.40. The molecule has 1 atom stereocenters. The molecule has 18 heavy (non-hydrogen) atoms. The Labute approximate surface area is 105 Å². The molecule has 0 heterocycles. The third-order valence-electron chi connectivity index (χ3n) is 2.76. The lowest BCUT2D eigenvalue weighted by atomic mass is 10.1. The van der Waals surface area contributed by atoms with E-state index in [1.165, 1.54) is 6.07 Å². The van der Waals surface area contributed by atoms with E-state index in [1.54, 1.807) is 12.1 Å². The molecule has 0 amide bonds. The van der Waals surface area contributed by atoms with Crippen molar-refractivity contribution in [3.05, 3.63) is 70.3 Å². The summed E-state index contributed by atoms with van der Waals surface area (Å²) in [6.07, 6.45) is 0. The van der Waals surface area contributed by atoms with Gasteiger partial charge in [0.25, 0.3) is 5.69 Å². The standard InChI is InChI=1S/C14H14N2O2/c1-11(15-12-7-3-2-4-8-12)13-9-5-6-10-14(13)16(17)18/h2-11,15H,1H3. The van der Waals surface area contributed by atoms with Crippen molar-refractivity contribution in [3.8, 4) is 0 Å². The summed E-state index contributed by atoms with van der Waals surface area (Å²) in [7, 11) is 0. The molecule has 92 valence electrons. The number of nitrogens with one attached hydrogen (secondary N) is 1.